The molecule has 3 nitrogen and oxygen atoms in total. The second-order valence-corrected chi connectivity index (χ2v) is 2.30. The molecule has 5 heteroatoms. The summed E-state index contributed by atoms with van der Waals surface area (Å²) in [6, 6.07) is 0. The molecule has 0 aliphatic carbocycles. The highest BCUT2D eigenvalue weighted by molar-refractivity contribution is 5.79. The predicted octanol–water partition coefficient (Wildman–Crippen LogP) is -0.302. The molecule has 1 saturated heterocycles. The van der Waals surface area contributed by atoms with Gasteiger partial charge in [0.25, 0.3) is 5.91 Å². The fourth-order valence-electron chi connectivity index (χ4n) is 0.965. The van der Waals surface area contributed by atoms with Crippen molar-refractivity contribution in [2.45, 2.75) is 6.43 Å². The van der Waals surface area contributed by atoms with Gasteiger partial charge in [0.2, 0.25) is 0 Å². The van der Waals surface area contributed by atoms with E-state index in [0.717, 1.165) is 4.90 Å². The van der Waals surface area contributed by atoms with Gasteiger partial charge in [0.15, 0.2) is 0 Å². The topological polar surface area (TPSA) is 34.4 Å². The van der Waals surface area contributed by atoms with Crippen LogP contribution >= 0.6 is 0 Å². The van der Waals surface area contributed by atoms with E-state index in [4.69, 9.17) is 0 Å². The van der Waals surface area contributed by atoms with Gasteiger partial charge in [0.05, 0.1) is 0 Å². The lowest BCUT2D eigenvalue weighted by atomic mass is 10.3. The van der Waals surface area contributed by atoms with Crippen LogP contribution in [0.3, 0.4) is 0 Å². The molecular formula is C6H9F2N2O. The second kappa shape index (κ2) is 3.61. The summed E-state index contributed by atoms with van der Waals surface area (Å²) >= 11 is 0. The second-order valence-electron chi connectivity index (χ2n) is 2.30. The number of halogens is 2. The van der Waals surface area contributed by atoms with Gasteiger partial charge in [0, 0.05) is 26.2 Å². The van der Waals surface area contributed by atoms with Crippen molar-refractivity contribution in [2.24, 2.45) is 0 Å². The monoisotopic (exact) mass is 163 g/mol. The Balaban J connectivity index is 2.39. The minimum Gasteiger partial charge on any atom is -0.335 e. The van der Waals surface area contributed by atoms with Crippen molar-refractivity contribution in [3.05, 3.63) is 0 Å². The Morgan fingerprint density at radius 2 is 1.91 bits per heavy atom. The third-order valence-corrected chi connectivity index (χ3v) is 1.55. The maximum atomic E-state index is 11.8. The van der Waals surface area contributed by atoms with E-state index in [2.05, 4.69) is 5.32 Å². The van der Waals surface area contributed by atoms with Gasteiger partial charge in [-0.1, -0.05) is 0 Å². The van der Waals surface area contributed by atoms with Crippen molar-refractivity contribution in [2.75, 3.05) is 26.2 Å². The minimum atomic E-state index is -2.87. The van der Waals surface area contributed by atoms with Crippen LogP contribution in [0.25, 0.3) is 0 Å². The average molecular weight is 163 g/mol. The van der Waals surface area contributed by atoms with Crippen molar-refractivity contribution in [1.29, 1.82) is 0 Å². The molecule has 0 aromatic rings. The Morgan fingerprint density at radius 1 is 1.36 bits per heavy atom. The molecule has 63 valence electrons. The summed E-state index contributed by atoms with van der Waals surface area (Å²) in [5, 5.41) is 3.93. The summed E-state index contributed by atoms with van der Waals surface area (Å²) < 4.78 is 23.6. The molecule has 11 heavy (non-hydrogen) atoms. The van der Waals surface area contributed by atoms with Crippen LogP contribution in [-0.2, 0) is 4.79 Å². The van der Waals surface area contributed by atoms with Crippen molar-refractivity contribution >= 4 is 5.91 Å². The number of amides is 1. The summed E-state index contributed by atoms with van der Waals surface area (Å²) in [6.45, 7) is 1.64. The molecule has 1 heterocycles. The van der Waals surface area contributed by atoms with E-state index in [1.54, 1.807) is 0 Å². The molecule has 1 radical (unpaired) electrons. The van der Waals surface area contributed by atoms with Crippen molar-refractivity contribution in [3.63, 3.8) is 0 Å². The first kappa shape index (κ1) is 8.39. The van der Waals surface area contributed by atoms with Gasteiger partial charge in [-0.05, 0) is 0 Å². The van der Waals surface area contributed by atoms with Crippen LogP contribution < -0.4 is 5.32 Å². The van der Waals surface area contributed by atoms with Crippen LogP contribution in [0.4, 0.5) is 8.78 Å². The molecule has 0 bridgehead atoms. The average Bonchev–Trinajstić information content (AvgIpc) is 2.05. The van der Waals surface area contributed by atoms with Crippen LogP contribution in [0.1, 0.15) is 0 Å². The van der Waals surface area contributed by atoms with Crippen LogP contribution in [0.5, 0.6) is 0 Å². The zero-order valence-electron chi connectivity index (χ0n) is 5.96. The number of alkyl halides is 2. The van der Waals surface area contributed by atoms with E-state index in [1.165, 1.54) is 0 Å². The summed E-state index contributed by atoms with van der Waals surface area (Å²) in [5.41, 5.74) is 0. The Bertz CT molecular complexity index is 146. The number of hydrogen-bond donors (Lipinski definition) is 0. The van der Waals surface area contributed by atoms with Gasteiger partial charge in [-0.25, -0.2) is 5.32 Å². The number of carbonyl (C=O) groups excluding carboxylic acids is 1. The Labute approximate surface area is 63.4 Å². The minimum absolute atomic E-state index is 0.336. The number of hydrogen-bond acceptors (Lipinski definition) is 1. The molecule has 0 atom stereocenters. The van der Waals surface area contributed by atoms with Gasteiger partial charge >= 0.3 is 6.43 Å². The molecule has 1 aliphatic rings. The standard InChI is InChI=1S/C6H9F2N2O/c7-5(8)6(11)10-3-1-9-2-4-10/h5H,1-4H2. The van der Waals surface area contributed by atoms with Gasteiger partial charge in [-0.2, -0.15) is 8.78 Å². The highest BCUT2D eigenvalue weighted by atomic mass is 19.3. The van der Waals surface area contributed by atoms with E-state index in [1.807, 2.05) is 0 Å². The lowest BCUT2D eigenvalue weighted by Gasteiger charge is -2.25. The first-order valence-electron chi connectivity index (χ1n) is 3.42. The van der Waals surface area contributed by atoms with Crippen LogP contribution in [0, 0.1) is 0 Å². The molecule has 1 amide bonds. The van der Waals surface area contributed by atoms with Crippen molar-refractivity contribution in [3.8, 4) is 0 Å². The Hall–Kier alpha value is -0.710. The van der Waals surface area contributed by atoms with Gasteiger partial charge in [-0.15, -0.1) is 0 Å². The molecule has 1 fully saturated rings. The quantitative estimate of drug-likeness (QED) is 0.522. The van der Waals surface area contributed by atoms with E-state index in [0.29, 0.717) is 26.2 Å². The normalized spacial score (nSPS) is 19.0. The van der Waals surface area contributed by atoms with Crippen molar-refractivity contribution in [1.82, 2.24) is 10.2 Å². The Morgan fingerprint density at radius 3 is 2.36 bits per heavy atom. The zero-order chi connectivity index (χ0) is 8.27. The third kappa shape index (κ3) is 2.11. The van der Waals surface area contributed by atoms with E-state index in [-0.39, 0.29) is 0 Å². The molecule has 0 unspecified atom stereocenters. The number of rotatable bonds is 1. The number of carbonyl (C=O) groups is 1. The van der Waals surface area contributed by atoms with Gasteiger partial charge < -0.3 is 4.90 Å². The largest absolute Gasteiger partial charge is 0.335 e. The maximum absolute atomic E-state index is 11.8. The summed E-state index contributed by atoms with van der Waals surface area (Å²) in [7, 11) is 0. The van der Waals surface area contributed by atoms with Crippen LogP contribution in [0.2, 0.25) is 0 Å². The predicted molar refractivity (Wildman–Crippen MR) is 34.5 cm³/mol. The lowest BCUT2D eigenvalue weighted by molar-refractivity contribution is -0.143. The zero-order valence-corrected chi connectivity index (χ0v) is 5.96. The number of piperazine rings is 1. The van der Waals surface area contributed by atoms with E-state index < -0.39 is 12.3 Å². The highest BCUT2D eigenvalue weighted by Crippen LogP contribution is 2.01. The lowest BCUT2D eigenvalue weighted by Crippen LogP contribution is -2.46. The van der Waals surface area contributed by atoms with E-state index in [9.17, 15) is 13.6 Å². The molecule has 0 aromatic heterocycles. The molecule has 0 aromatic carbocycles. The summed E-state index contributed by atoms with van der Waals surface area (Å²) in [4.78, 5) is 11.8. The van der Waals surface area contributed by atoms with Gasteiger partial charge in [-0.3, -0.25) is 4.79 Å². The fourth-order valence-corrected chi connectivity index (χ4v) is 0.965. The van der Waals surface area contributed by atoms with Crippen LogP contribution in [-0.4, -0.2) is 43.4 Å². The summed E-state index contributed by atoms with van der Waals surface area (Å²) in [5.74, 6) is -1.07. The smallest absolute Gasteiger partial charge is 0.315 e. The molecule has 1 rings (SSSR count). The third-order valence-electron chi connectivity index (χ3n) is 1.55. The van der Waals surface area contributed by atoms with Crippen molar-refractivity contribution < 1.29 is 13.6 Å². The highest BCUT2D eigenvalue weighted by Gasteiger charge is 2.24. The molecule has 0 spiro atoms. The summed E-state index contributed by atoms with van der Waals surface area (Å²) in [6.07, 6.45) is -2.87. The SMILES string of the molecule is O=C(C(F)F)N1CC[N]CC1. The van der Waals surface area contributed by atoms with Gasteiger partial charge in [0.1, 0.15) is 0 Å². The fraction of sp³-hybridized carbons (Fsp3) is 0.833. The number of nitrogens with zero attached hydrogens (tertiary/aromatic N) is 2. The first-order valence-corrected chi connectivity index (χ1v) is 3.42. The molecule has 0 N–H and O–H groups in total. The first-order chi connectivity index (χ1) is 5.22. The maximum Gasteiger partial charge on any atom is 0.315 e. The van der Waals surface area contributed by atoms with E-state index >= 15 is 0 Å². The molecule has 0 saturated carbocycles. The Kier molecular flexibility index (Phi) is 2.76. The van der Waals surface area contributed by atoms with Crippen LogP contribution in [0.15, 0.2) is 0 Å². The molecular weight excluding hydrogens is 154 g/mol. The molecule has 1 aliphatic heterocycles.